The molecule has 0 bridgehead atoms. The lowest BCUT2D eigenvalue weighted by Gasteiger charge is -2.27. The number of hydrogen-bond acceptors (Lipinski definition) is 4. The average Bonchev–Trinajstić information content (AvgIpc) is 3.10. The topological polar surface area (TPSA) is 41.6 Å². The SMILES string of the molecule is CNCC(C)C(=O)N(Cc1cccs1)CC1CCCO1. The van der Waals surface area contributed by atoms with Crippen LogP contribution >= 0.6 is 11.3 Å². The van der Waals surface area contributed by atoms with E-state index in [4.69, 9.17) is 4.74 Å². The molecule has 0 aromatic carbocycles. The highest BCUT2D eigenvalue weighted by molar-refractivity contribution is 7.09. The molecule has 1 fully saturated rings. The normalized spacial score (nSPS) is 20.0. The fraction of sp³-hybridized carbons (Fsp3) is 0.667. The molecule has 1 amide bonds. The van der Waals surface area contributed by atoms with Crippen LogP contribution in [-0.2, 0) is 16.1 Å². The molecular weight excluding hydrogens is 272 g/mol. The van der Waals surface area contributed by atoms with Crippen LogP contribution in [0, 0.1) is 5.92 Å². The summed E-state index contributed by atoms with van der Waals surface area (Å²) in [6.45, 7) is 4.94. The number of carbonyl (C=O) groups is 1. The summed E-state index contributed by atoms with van der Waals surface area (Å²) in [5.74, 6) is 0.213. The van der Waals surface area contributed by atoms with E-state index in [1.807, 2.05) is 24.9 Å². The first kappa shape index (κ1) is 15.5. The lowest BCUT2D eigenvalue weighted by Crippen LogP contribution is -2.41. The molecule has 1 aromatic rings. The maximum Gasteiger partial charge on any atom is 0.227 e. The van der Waals surface area contributed by atoms with Gasteiger partial charge in [-0.2, -0.15) is 0 Å². The monoisotopic (exact) mass is 296 g/mol. The van der Waals surface area contributed by atoms with Gasteiger partial charge in [0.15, 0.2) is 0 Å². The molecule has 0 saturated carbocycles. The minimum absolute atomic E-state index is 0.00126. The van der Waals surface area contributed by atoms with E-state index in [-0.39, 0.29) is 17.9 Å². The smallest absolute Gasteiger partial charge is 0.227 e. The number of ether oxygens (including phenoxy) is 1. The molecule has 5 heteroatoms. The Hall–Kier alpha value is -0.910. The highest BCUT2D eigenvalue weighted by Gasteiger charge is 2.25. The largest absolute Gasteiger partial charge is 0.376 e. The Labute approximate surface area is 125 Å². The molecule has 4 nitrogen and oxygen atoms in total. The van der Waals surface area contributed by atoms with Gasteiger partial charge in [0.1, 0.15) is 0 Å². The number of nitrogens with one attached hydrogen (secondary N) is 1. The minimum atomic E-state index is 0.00126. The molecule has 2 atom stereocenters. The summed E-state index contributed by atoms with van der Waals surface area (Å²) in [4.78, 5) is 15.8. The van der Waals surface area contributed by atoms with E-state index in [0.717, 1.165) is 19.4 Å². The maximum atomic E-state index is 12.6. The molecule has 0 radical (unpaired) electrons. The van der Waals surface area contributed by atoms with Crippen LogP contribution in [0.4, 0.5) is 0 Å². The van der Waals surface area contributed by atoms with Gasteiger partial charge < -0.3 is 15.0 Å². The molecule has 1 aliphatic heterocycles. The Balaban J connectivity index is 1.99. The molecule has 2 heterocycles. The Morgan fingerprint density at radius 3 is 3.10 bits per heavy atom. The zero-order chi connectivity index (χ0) is 14.4. The van der Waals surface area contributed by atoms with Crippen molar-refractivity contribution in [3.63, 3.8) is 0 Å². The highest BCUT2D eigenvalue weighted by atomic mass is 32.1. The minimum Gasteiger partial charge on any atom is -0.376 e. The molecule has 1 N–H and O–H groups in total. The van der Waals surface area contributed by atoms with Gasteiger partial charge in [-0.05, 0) is 31.3 Å². The molecule has 1 aliphatic rings. The zero-order valence-corrected chi connectivity index (χ0v) is 13.1. The van der Waals surface area contributed by atoms with Crippen molar-refractivity contribution in [3.8, 4) is 0 Å². The lowest BCUT2D eigenvalue weighted by molar-refractivity contribution is -0.137. The van der Waals surface area contributed by atoms with Crippen molar-refractivity contribution in [1.82, 2.24) is 10.2 Å². The summed E-state index contributed by atoms with van der Waals surface area (Å²) in [5, 5.41) is 5.14. The van der Waals surface area contributed by atoms with Gasteiger partial charge in [0.05, 0.1) is 12.6 Å². The third-order valence-corrected chi connectivity index (χ3v) is 4.48. The maximum absolute atomic E-state index is 12.6. The van der Waals surface area contributed by atoms with Crippen molar-refractivity contribution in [2.24, 2.45) is 5.92 Å². The number of thiophene rings is 1. The standard InChI is InChI=1S/C15H24N2O2S/c1-12(9-16-2)15(18)17(10-13-5-3-7-19-13)11-14-6-4-8-20-14/h4,6,8,12-13,16H,3,5,7,9-11H2,1-2H3. The molecular formula is C15H24N2O2S. The van der Waals surface area contributed by atoms with Crippen LogP contribution in [0.25, 0.3) is 0 Å². The summed E-state index contributed by atoms with van der Waals surface area (Å²) in [7, 11) is 1.88. The van der Waals surface area contributed by atoms with Gasteiger partial charge >= 0.3 is 0 Å². The van der Waals surface area contributed by atoms with Crippen molar-refractivity contribution < 1.29 is 9.53 Å². The van der Waals surface area contributed by atoms with Gasteiger partial charge in [-0.25, -0.2) is 0 Å². The number of rotatable bonds is 7. The van der Waals surface area contributed by atoms with Gasteiger partial charge in [0.25, 0.3) is 0 Å². The molecule has 1 saturated heterocycles. The third kappa shape index (κ3) is 4.30. The molecule has 2 rings (SSSR count). The van der Waals surface area contributed by atoms with Crippen LogP contribution in [-0.4, -0.2) is 43.7 Å². The van der Waals surface area contributed by atoms with Gasteiger partial charge in [0, 0.05) is 30.5 Å². The fourth-order valence-electron chi connectivity index (χ4n) is 2.56. The van der Waals surface area contributed by atoms with Crippen molar-refractivity contribution in [1.29, 1.82) is 0 Å². The Morgan fingerprint density at radius 2 is 2.50 bits per heavy atom. The van der Waals surface area contributed by atoms with Crippen molar-refractivity contribution in [2.45, 2.75) is 32.4 Å². The predicted octanol–water partition coefficient (Wildman–Crippen LogP) is 2.11. The Morgan fingerprint density at radius 1 is 1.65 bits per heavy atom. The summed E-state index contributed by atoms with van der Waals surface area (Å²) in [5.41, 5.74) is 0. The van der Waals surface area contributed by atoms with Crippen LogP contribution in [0.3, 0.4) is 0 Å². The molecule has 0 aliphatic carbocycles. The fourth-order valence-corrected chi connectivity index (χ4v) is 3.28. The van der Waals surface area contributed by atoms with Gasteiger partial charge in [-0.3, -0.25) is 4.79 Å². The Kier molecular flexibility index (Phi) is 6.01. The van der Waals surface area contributed by atoms with Crippen LogP contribution < -0.4 is 5.32 Å². The van der Waals surface area contributed by atoms with Gasteiger partial charge in [-0.15, -0.1) is 11.3 Å². The van der Waals surface area contributed by atoms with Crippen LogP contribution in [0.1, 0.15) is 24.6 Å². The second-order valence-corrected chi connectivity index (χ2v) is 6.42. The van der Waals surface area contributed by atoms with Crippen LogP contribution in [0.5, 0.6) is 0 Å². The summed E-state index contributed by atoms with van der Waals surface area (Å²) in [6, 6.07) is 4.12. The molecule has 20 heavy (non-hydrogen) atoms. The van der Waals surface area contributed by atoms with E-state index in [9.17, 15) is 4.79 Å². The van der Waals surface area contributed by atoms with Crippen LogP contribution in [0.2, 0.25) is 0 Å². The molecule has 2 unspecified atom stereocenters. The summed E-state index contributed by atoms with van der Waals surface area (Å²) < 4.78 is 5.69. The van der Waals surface area contributed by atoms with E-state index < -0.39 is 0 Å². The summed E-state index contributed by atoms with van der Waals surface area (Å²) >= 11 is 1.70. The second kappa shape index (κ2) is 7.76. The Bertz CT molecular complexity index is 402. The third-order valence-electron chi connectivity index (χ3n) is 3.62. The van der Waals surface area contributed by atoms with E-state index in [1.54, 1.807) is 11.3 Å². The van der Waals surface area contributed by atoms with Crippen molar-refractivity contribution in [2.75, 3.05) is 26.7 Å². The van der Waals surface area contributed by atoms with E-state index in [2.05, 4.69) is 16.8 Å². The van der Waals surface area contributed by atoms with Gasteiger partial charge in [-0.1, -0.05) is 13.0 Å². The van der Waals surface area contributed by atoms with Crippen molar-refractivity contribution >= 4 is 17.2 Å². The zero-order valence-electron chi connectivity index (χ0n) is 12.3. The predicted molar refractivity (Wildman–Crippen MR) is 81.8 cm³/mol. The number of carbonyl (C=O) groups excluding carboxylic acids is 1. The molecule has 0 spiro atoms. The van der Waals surface area contributed by atoms with E-state index in [0.29, 0.717) is 19.6 Å². The van der Waals surface area contributed by atoms with E-state index in [1.165, 1.54) is 4.88 Å². The second-order valence-electron chi connectivity index (χ2n) is 5.39. The number of nitrogens with zero attached hydrogens (tertiary/aromatic N) is 1. The molecule has 1 aromatic heterocycles. The van der Waals surface area contributed by atoms with Gasteiger partial charge in [0.2, 0.25) is 5.91 Å². The average molecular weight is 296 g/mol. The van der Waals surface area contributed by atoms with E-state index >= 15 is 0 Å². The number of amides is 1. The first-order chi connectivity index (χ1) is 9.70. The highest BCUT2D eigenvalue weighted by Crippen LogP contribution is 2.18. The lowest BCUT2D eigenvalue weighted by atomic mass is 10.1. The molecule has 112 valence electrons. The van der Waals surface area contributed by atoms with Crippen molar-refractivity contribution in [3.05, 3.63) is 22.4 Å². The number of hydrogen-bond donors (Lipinski definition) is 1. The quantitative estimate of drug-likeness (QED) is 0.838. The summed E-state index contributed by atoms with van der Waals surface area (Å²) in [6.07, 6.45) is 2.38. The first-order valence-electron chi connectivity index (χ1n) is 7.28. The van der Waals surface area contributed by atoms with Crippen LogP contribution in [0.15, 0.2) is 17.5 Å². The first-order valence-corrected chi connectivity index (χ1v) is 8.16.